The van der Waals surface area contributed by atoms with Crippen LogP contribution >= 0.6 is 11.8 Å². The van der Waals surface area contributed by atoms with Gasteiger partial charge >= 0.3 is 12.4 Å². The molecular weight excluding hydrogens is 263 g/mol. The third-order valence-corrected chi connectivity index (χ3v) is 2.45. The van der Waals surface area contributed by atoms with Crippen LogP contribution in [0.2, 0.25) is 0 Å². The van der Waals surface area contributed by atoms with Gasteiger partial charge in [0, 0.05) is 12.2 Å². The first-order valence-corrected chi connectivity index (χ1v) is 4.95. The van der Waals surface area contributed by atoms with Gasteiger partial charge in [0.2, 0.25) is 0 Å². The van der Waals surface area contributed by atoms with E-state index in [1.807, 2.05) is 0 Å². The van der Waals surface area contributed by atoms with Crippen molar-refractivity contribution in [3.8, 4) is 0 Å². The van der Waals surface area contributed by atoms with Gasteiger partial charge in [-0.05, 0) is 0 Å². The van der Waals surface area contributed by atoms with Crippen LogP contribution in [0.4, 0.5) is 30.7 Å². The van der Waals surface area contributed by atoms with Crippen molar-refractivity contribution in [1.29, 1.82) is 0 Å². The van der Waals surface area contributed by atoms with Gasteiger partial charge in [0.15, 0.2) is 0 Å². The summed E-state index contributed by atoms with van der Waals surface area (Å²) in [5.41, 5.74) is -5.20. The SMILES string of the molecule is [C-]#[N+]CSCCC(F)(C(F)(F)F)C(F)(F)F. The molecule has 0 rings (SSSR count). The number of halogens is 7. The summed E-state index contributed by atoms with van der Waals surface area (Å²) in [6, 6.07) is 0. The fourth-order valence-electron chi connectivity index (χ4n) is 0.767. The molecular formula is C7H6F7NS. The predicted molar refractivity (Wildman–Crippen MR) is 44.5 cm³/mol. The molecule has 0 amide bonds. The molecule has 0 aromatic carbocycles. The molecule has 0 fully saturated rings. The Balaban J connectivity index is 4.66. The molecule has 0 aromatic heterocycles. The van der Waals surface area contributed by atoms with Crippen LogP contribution in [0, 0.1) is 6.57 Å². The molecule has 0 unspecified atom stereocenters. The lowest BCUT2D eigenvalue weighted by molar-refractivity contribution is -0.341. The summed E-state index contributed by atoms with van der Waals surface area (Å²) < 4.78 is 84.6. The molecule has 0 N–H and O–H groups in total. The molecule has 0 saturated heterocycles. The number of thioether (sulfide) groups is 1. The average molecular weight is 269 g/mol. The van der Waals surface area contributed by atoms with E-state index in [0.717, 1.165) is 0 Å². The Hall–Kier alpha value is -0.650. The zero-order chi connectivity index (χ0) is 13.0. The van der Waals surface area contributed by atoms with Crippen LogP contribution in [0.5, 0.6) is 0 Å². The maximum Gasteiger partial charge on any atom is 0.431 e. The van der Waals surface area contributed by atoms with Crippen molar-refractivity contribution in [2.24, 2.45) is 0 Å². The molecule has 16 heavy (non-hydrogen) atoms. The molecule has 0 radical (unpaired) electrons. The van der Waals surface area contributed by atoms with E-state index >= 15 is 0 Å². The summed E-state index contributed by atoms with van der Waals surface area (Å²) in [5, 5.41) is 0. The van der Waals surface area contributed by atoms with Gasteiger partial charge in [-0.3, -0.25) is 0 Å². The van der Waals surface area contributed by atoms with Crippen LogP contribution < -0.4 is 0 Å². The summed E-state index contributed by atoms with van der Waals surface area (Å²) in [5.74, 6) is -1.02. The van der Waals surface area contributed by atoms with E-state index in [4.69, 9.17) is 6.57 Å². The van der Waals surface area contributed by atoms with E-state index < -0.39 is 30.2 Å². The Morgan fingerprint density at radius 1 is 0.938 bits per heavy atom. The van der Waals surface area contributed by atoms with Crippen molar-refractivity contribution in [2.45, 2.75) is 24.4 Å². The minimum absolute atomic E-state index is 0.300. The first-order chi connectivity index (χ1) is 7.06. The lowest BCUT2D eigenvalue weighted by Gasteiger charge is -2.29. The van der Waals surface area contributed by atoms with Crippen LogP contribution in [0.3, 0.4) is 0 Å². The third-order valence-electron chi connectivity index (χ3n) is 1.65. The molecule has 0 aliphatic heterocycles. The number of nitrogens with zero attached hydrogens (tertiary/aromatic N) is 1. The summed E-state index contributed by atoms with van der Waals surface area (Å²) in [4.78, 5) is 2.71. The van der Waals surface area contributed by atoms with Crippen molar-refractivity contribution in [2.75, 3.05) is 11.6 Å². The second kappa shape index (κ2) is 5.12. The molecule has 1 nitrogen and oxygen atoms in total. The number of alkyl halides is 7. The Kier molecular flexibility index (Phi) is 4.91. The highest BCUT2D eigenvalue weighted by Gasteiger charge is 2.71. The largest absolute Gasteiger partial charge is 0.431 e. The van der Waals surface area contributed by atoms with Gasteiger partial charge in [0.1, 0.15) is 0 Å². The molecule has 0 aromatic rings. The zero-order valence-corrected chi connectivity index (χ0v) is 8.44. The van der Waals surface area contributed by atoms with Gasteiger partial charge in [-0.2, -0.15) is 26.3 Å². The van der Waals surface area contributed by atoms with Crippen LogP contribution in [-0.2, 0) is 0 Å². The van der Waals surface area contributed by atoms with Gasteiger partial charge in [-0.25, -0.2) is 11.0 Å². The Labute approximate surface area is 90.8 Å². The second-order valence-electron chi connectivity index (χ2n) is 2.74. The molecule has 0 aliphatic rings. The Bertz CT molecular complexity index is 249. The normalized spacial score (nSPS) is 13.6. The summed E-state index contributed by atoms with van der Waals surface area (Å²) in [7, 11) is 0. The standard InChI is InChI=1S/C7H6F7NS/c1-15-4-16-3-2-5(8,6(9,10)11)7(12,13)14/h2-4H2. The van der Waals surface area contributed by atoms with Crippen LogP contribution in [0.25, 0.3) is 4.85 Å². The smallest absolute Gasteiger partial charge is 0.305 e. The number of rotatable bonds is 4. The first kappa shape index (κ1) is 15.3. The molecule has 94 valence electrons. The van der Waals surface area contributed by atoms with Gasteiger partial charge in [-0.15, -0.1) is 0 Å². The van der Waals surface area contributed by atoms with E-state index in [1.165, 1.54) is 0 Å². The van der Waals surface area contributed by atoms with Crippen molar-refractivity contribution in [1.82, 2.24) is 0 Å². The van der Waals surface area contributed by atoms with E-state index in [0.29, 0.717) is 11.8 Å². The predicted octanol–water partition coefficient (Wildman–Crippen LogP) is 3.82. The zero-order valence-electron chi connectivity index (χ0n) is 7.62. The average Bonchev–Trinajstić information content (AvgIpc) is 2.08. The van der Waals surface area contributed by atoms with Gasteiger partial charge in [0.25, 0.3) is 11.5 Å². The van der Waals surface area contributed by atoms with Crippen molar-refractivity contribution >= 4 is 11.8 Å². The minimum atomic E-state index is -6.00. The Morgan fingerprint density at radius 2 is 1.38 bits per heavy atom. The summed E-state index contributed by atoms with van der Waals surface area (Å²) >= 11 is 0.518. The molecule has 0 aliphatic carbocycles. The quantitative estimate of drug-likeness (QED) is 0.426. The van der Waals surface area contributed by atoms with E-state index in [-0.39, 0.29) is 5.88 Å². The van der Waals surface area contributed by atoms with Crippen molar-refractivity contribution < 1.29 is 30.7 Å². The van der Waals surface area contributed by atoms with Gasteiger partial charge in [-0.1, -0.05) is 11.8 Å². The molecule has 9 heteroatoms. The fourth-order valence-corrected chi connectivity index (χ4v) is 1.41. The molecule has 0 bridgehead atoms. The molecule has 0 heterocycles. The molecule has 0 saturated carbocycles. The first-order valence-electron chi connectivity index (χ1n) is 3.79. The molecule has 0 atom stereocenters. The van der Waals surface area contributed by atoms with Gasteiger partial charge in [0.05, 0.1) is 0 Å². The lowest BCUT2D eigenvalue weighted by atomic mass is 10.0. The minimum Gasteiger partial charge on any atom is -0.305 e. The highest BCUT2D eigenvalue weighted by atomic mass is 32.2. The monoisotopic (exact) mass is 269 g/mol. The second-order valence-corrected chi connectivity index (χ2v) is 3.82. The summed E-state index contributed by atoms with van der Waals surface area (Å²) in [6.45, 7) is 6.25. The van der Waals surface area contributed by atoms with Crippen molar-refractivity contribution in [3.63, 3.8) is 0 Å². The third kappa shape index (κ3) is 3.43. The highest BCUT2D eigenvalue weighted by molar-refractivity contribution is 7.99. The maximum absolute atomic E-state index is 12.9. The van der Waals surface area contributed by atoms with E-state index in [9.17, 15) is 30.7 Å². The topological polar surface area (TPSA) is 4.36 Å². The van der Waals surface area contributed by atoms with Crippen LogP contribution in [0.15, 0.2) is 0 Å². The van der Waals surface area contributed by atoms with Crippen molar-refractivity contribution in [3.05, 3.63) is 11.4 Å². The van der Waals surface area contributed by atoms with Gasteiger partial charge < -0.3 is 4.85 Å². The number of hydrogen-bond acceptors (Lipinski definition) is 1. The van der Waals surface area contributed by atoms with E-state index in [1.54, 1.807) is 0 Å². The maximum atomic E-state index is 12.9. The molecule has 0 spiro atoms. The summed E-state index contributed by atoms with van der Waals surface area (Å²) in [6.07, 6.45) is -13.7. The van der Waals surface area contributed by atoms with E-state index in [2.05, 4.69) is 4.85 Å². The lowest BCUT2D eigenvalue weighted by Crippen LogP contribution is -2.53. The van der Waals surface area contributed by atoms with Crippen LogP contribution in [-0.4, -0.2) is 29.7 Å². The van der Waals surface area contributed by atoms with Crippen LogP contribution in [0.1, 0.15) is 6.42 Å². The fraction of sp³-hybridized carbons (Fsp3) is 0.857. The highest BCUT2D eigenvalue weighted by Crippen LogP contribution is 2.48. The number of hydrogen-bond donors (Lipinski definition) is 0. The Morgan fingerprint density at radius 3 is 1.69 bits per heavy atom.